The molecule has 1 radical (unpaired) electrons. The van der Waals surface area contributed by atoms with Crippen LogP contribution in [0.2, 0.25) is 0 Å². The van der Waals surface area contributed by atoms with Crippen molar-refractivity contribution in [2.45, 2.75) is 50.8 Å². The molecule has 0 heterocycles. The molecule has 0 bridgehead atoms. The highest BCUT2D eigenvalue weighted by molar-refractivity contribution is 5.83. The Bertz CT molecular complexity index is 952. The van der Waals surface area contributed by atoms with E-state index in [9.17, 15) is 19.1 Å². The minimum atomic E-state index is -2.23. The van der Waals surface area contributed by atoms with Crippen LogP contribution in [0, 0.1) is 12.3 Å². The lowest BCUT2D eigenvalue weighted by molar-refractivity contribution is -0.131. The largest absolute Gasteiger partial charge is 0.493 e. The summed E-state index contributed by atoms with van der Waals surface area (Å²) < 4.78 is 25.0. The average Bonchev–Trinajstić information content (AvgIpc) is 2.85. The molecule has 2 aromatic rings. The first kappa shape index (κ1) is 28.1. The summed E-state index contributed by atoms with van der Waals surface area (Å²) in [4.78, 5) is 24.3. The van der Waals surface area contributed by atoms with E-state index >= 15 is 0 Å². The minimum Gasteiger partial charge on any atom is -0.493 e. The van der Waals surface area contributed by atoms with Gasteiger partial charge in [-0.15, -0.1) is 0 Å². The number of aliphatic hydroxyl groups is 1. The van der Waals surface area contributed by atoms with Crippen LogP contribution in [-0.2, 0) is 22.4 Å². The van der Waals surface area contributed by atoms with Gasteiger partial charge in [0.25, 0.3) is 5.91 Å². The number of amides is 2. The molecule has 0 saturated heterocycles. The second-order valence-electron chi connectivity index (χ2n) is 8.76. The second-order valence-corrected chi connectivity index (χ2v) is 8.76. The van der Waals surface area contributed by atoms with Crippen molar-refractivity contribution >= 4 is 11.8 Å². The molecule has 35 heavy (non-hydrogen) atoms. The Labute approximate surface area is 206 Å². The van der Waals surface area contributed by atoms with Crippen LogP contribution in [0.3, 0.4) is 0 Å². The molecule has 0 aliphatic carbocycles. The molecule has 0 aliphatic heterocycles. The van der Waals surface area contributed by atoms with Crippen molar-refractivity contribution in [2.75, 3.05) is 20.8 Å². The first-order valence-corrected chi connectivity index (χ1v) is 11.7. The van der Waals surface area contributed by atoms with Crippen LogP contribution in [0.1, 0.15) is 37.3 Å². The number of hydrogen-bond acceptors (Lipinski definition) is 5. The molecule has 2 aromatic carbocycles. The number of nitrogens with one attached hydrogen (secondary N) is 1. The third kappa shape index (κ3) is 9.20. The van der Waals surface area contributed by atoms with Gasteiger partial charge in [-0.1, -0.05) is 36.4 Å². The molecular formula is C27H36FN2O5. The van der Waals surface area contributed by atoms with Crippen molar-refractivity contribution in [3.05, 3.63) is 66.1 Å². The molecule has 0 aliphatic rings. The zero-order chi connectivity index (χ0) is 25.8. The van der Waals surface area contributed by atoms with Crippen molar-refractivity contribution in [1.82, 2.24) is 5.32 Å². The summed E-state index contributed by atoms with van der Waals surface area (Å²) in [5.41, 5.74) is 4.90. The van der Waals surface area contributed by atoms with Crippen LogP contribution in [0.4, 0.5) is 4.39 Å². The number of benzene rings is 2. The first-order valence-electron chi connectivity index (χ1n) is 11.7. The van der Waals surface area contributed by atoms with Gasteiger partial charge in [-0.3, -0.25) is 9.59 Å². The maximum Gasteiger partial charge on any atom is 0.254 e. The van der Waals surface area contributed by atoms with Gasteiger partial charge in [-0.05, 0) is 68.7 Å². The van der Waals surface area contributed by atoms with Gasteiger partial charge in [0.2, 0.25) is 5.91 Å². The summed E-state index contributed by atoms with van der Waals surface area (Å²) >= 11 is 0. The van der Waals surface area contributed by atoms with Crippen LogP contribution in [0.5, 0.6) is 11.5 Å². The number of carbonyl (C=O) groups is 2. The van der Waals surface area contributed by atoms with Crippen molar-refractivity contribution in [2.24, 2.45) is 11.7 Å². The summed E-state index contributed by atoms with van der Waals surface area (Å²) in [6.45, 7) is 1.46. The highest BCUT2D eigenvalue weighted by Crippen LogP contribution is 2.28. The van der Waals surface area contributed by atoms with Gasteiger partial charge < -0.3 is 25.6 Å². The molecule has 0 fully saturated rings. The Morgan fingerprint density at radius 2 is 1.80 bits per heavy atom. The van der Waals surface area contributed by atoms with E-state index in [4.69, 9.17) is 15.2 Å². The molecule has 7 nitrogen and oxygen atoms in total. The number of hydrogen-bond donors (Lipinski definition) is 3. The fourth-order valence-corrected chi connectivity index (χ4v) is 3.71. The zero-order valence-corrected chi connectivity index (χ0v) is 20.6. The monoisotopic (exact) mass is 487 g/mol. The van der Waals surface area contributed by atoms with Crippen LogP contribution in [0.15, 0.2) is 48.5 Å². The summed E-state index contributed by atoms with van der Waals surface area (Å²) in [5.74, 6) is -0.846. The van der Waals surface area contributed by atoms with Crippen LogP contribution < -0.4 is 20.5 Å². The molecule has 3 atom stereocenters. The predicted molar refractivity (Wildman–Crippen MR) is 133 cm³/mol. The number of rotatable bonds is 15. The number of alkyl halides is 1. The highest BCUT2D eigenvalue weighted by Gasteiger charge is 2.33. The first-order chi connectivity index (χ1) is 16.7. The summed E-state index contributed by atoms with van der Waals surface area (Å²) in [6, 6.07) is 15.2. The van der Waals surface area contributed by atoms with E-state index in [1.165, 1.54) is 0 Å². The minimum absolute atomic E-state index is 0.0777. The number of halogens is 1. The van der Waals surface area contributed by atoms with E-state index in [0.29, 0.717) is 30.9 Å². The third-order valence-corrected chi connectivity index (χ3v) is 6.00. The third-order valence-electron chi connectivity index (χ3n) is 6.00. The lowest BCUT2D eigenvalue weighted by Crippen LogP contribution is -2.39. The fourth-order valence-electron chi connectivity index (χ4n) is 3.71. The summed E-state index contributed by atoms with van der Waals surface area (Å²) in [5, 5.41) is 13.4. The van der Waals surface area contributed by atoms with Crippen molar-refractivity contribution in [3.8, 4) is 11.5 Å². The Hall–Kier alpha value is -3.13. The quantitative estimate of drug-likeness (QED) is 0.357. The van der Waals surface area contributed by atoms with Gasteiger partial charge >= 0.3 is 0 Å². The summed E-state index contributed by atoms with van der Waals surface area (Å²) in [6.07, 6.45) is 1.93. The Morgan fingerprint density at radius 3 is 2.43 bits per heavy atom. The number of ether oxygens (including phenoxy) is 2. The van der Waals surface area contributed by atoms with Crippen molar-refractivity contribution in [3.63, 3.8) is 0 Å². The molecule has 0 spiro atoms. The van der Waals surface area contributed by atoms with Gasteiger partial charge in [0.05, 0.1) is 20.3 Å². The number of aliphatic hydroxyl groups excluding tert-OH is 1. The molecule has 0 aromatic heterocycles. The second kappa shape index (κ2) is 13.7. The lowest BCUT2D eigenvalue weighted by Gasteiger charge is -2.23. The smallest absolute Gasteiger partial charge is 0.254 e. The average molecular weight is 488 g/mol. The number of nitrogens with two attached hydrogens (primary N) is 1. The molecule has 1 unspecified atom stereocenters. The molecule has 4 N–H and O–H groups in total. The van der Waals surface area contributed by atoms with Gasteiger partial charge in [-0.2, -0.15) is 0 Å². The molecule has 0 saturated carbocycles. The zero-order valence-electron chi connectivity index (χ0n) is 20.6. The topological polar surface area (TPSA) is 111 Å². The lowest BCUT2D eigenvalue weighted by atomic mass is 9.88. The van der Waals surface area contributed by atoms with Gasteiger partial charge in [0, 0.05) is 12.5 Å². The van der Waals surface area contributed by atoms with E-state index in [-0.39, 0.29) is 25.2 Å². The van der Waals surface area contributed by atoms with Crippen LogP contribution in [-0.4, -0.2) is 49.5 Å². The number of primary amides is 1. The standard InChI is InChI=1S/C27H36FN2O5/c1-27(28,26(29)33)15-13-21(18-22(31)11-9-19-7-5-4-6-8-19)25(32)30-16-14-20-10-12-23(34-2)24(17-20)35-3/h4-8,10-12,17,21-22,31H,9,13-16,18H2,1-3H3,(H2,29,33)(H,30,32)/t21-,22+,27?/m1/s1. The maximum absolute atomic E-state index is 14.5. The van der Waals surface area contributed by atoms with E-state index in [0.717, 1.165) is 18.1 Å². The SMILES string of the molecule is COc1ccc(CCNC(=O)[C@H](CCC(C)(F)C(N)=O)C[C@@H](O)[CH]Cc2ccccc2)cc1OC. The van der Waals surface area contributed by atoms with Crippen LogP contribution in [0.25, 0.3) is 0 Å². The molecule has 191 valence electrons. The van der Waals surface area contributed by atoms with Crippen molar-refractivity contribution in [1.29, 1.82) is 0 Å². The normalized spacial score (nSPS) is 14.4. The number of methoxy groups -OCH3 is 2. The Kier molecular flexibility index (Phi) is 11.0. The number of carbonyl (C=O) groups excluding carboxylic acids is 2. The van der Waals surface area contributed by atoms with Crippen LogP contribution >= 0.6 is 0 Å². The summed E-state index contributed by atoms with van der Waals surface area (Å²) in [7, 11) is 3.11. The maximum atomic E-state index is 14.5. The van der Waals surface area contributed by atoms with Gasteiger partial charge in [0.1, 0.15) is 0 Å². The fraction of sp³-hybridized carbons (Fsp3) is 0.444. The van der Waals surface area contributed by atoms with Gasteiger partial charge in [-0.25, -0.2) is 4.39 Å². The Morgan fingerprint density at radius 1 is 1.11 bits per heavy atom. The molecule has 2 amide bonds. The van der Waals surface area contributed by atoms with Crippen molar-refractivity contribution < 1.29 is 28.6 Å². The highest BCUT2D eigenvalue weighted by atomic mass is 19.1. The predicted octanol–water partition coefficient (Wildman–Crippen LogP) is 3.17. The molecular weight excluding hydrogens is 451 g/mol. The van der Waals surface area contributed by atoms with E-state index < -0.39 is 23.6 Å². The van der Waals surface area contributed by atoms with E-state index in [1.54, 1.807) is 26.7 Å². The Balaban J connectivity index is 1.97. The van der Waals surface area contributed by atoms with E-state index in [2.05, 4.69) is 5.32 Å². The molecule has 2 rings (SSSR count). The van der Waals surface area contributed by atoms with Gasteiger partial charge in [0.15, 0.2) is 17.2 Å². The molecule has 8 heteroatoms. The van der Waals surface area contributed by atoms with E-state index in [1.807, 2.05) is 42.5 Å².